The summed E-state index contributed by atoms with van der Waals surface area (Å²) in [6.07, 6.45) is 1.22. The predicted molar refractivity (Wildman–Crippen MR) is 126 cm³/mol. The standard InChI is InChI=1S/C25H29ClN2O5/c1-15(2)19-12-20(26)16(3)10-22(19)31-13-24(29)28-8-6-17(7-9-28)25(30)27-18-4-5-21-23(11-18)33-14-32-21/h4-5,10-12,15,17H,6-9,13-14H2,1-3H3,(H,27,30). The number of ether oxygens (including phenoxy) is 3. The van der Waals surface area contributed by atoms with Crippen LogP contribution in [-0.2, 0) is 9.59 Å². The SMILES string of the molecule is Cc1cc(OCC(=O)N2CCC(C(=O)Nc3ccc4c(c3)OCO4)CC2)c(C(C)C)cc1Cl. The minimum Gasteiger partial charge on any atom is -0.483 e. The minimum absolute atomic E-state index is 0.0329. The molecule has 0 radical (unpaired) electrons. The molecule has 1 N–H and O–H groups in total. The molecule has 2 aliphatic heterocycles. The van der Waals surface area contributed by atoms with E-state index in [1.165, 1.54) is 0 Å². The van der Waals surface area contributed by atoms with Crippen LogP contribution < -0.4 is 19.5 Å². The van der Waals surface area contributed by atoms with Crippen LogP contribution in [0.15, 0.2) is 30.3 Å². The van der Waals surface area contributed by atoms with Crippen molar-refractivity contribution in [2.24, 2.45) is 5.92 Å². The number of hydrogen-bond acceptors (Lipinski definition) is 5. The third kappa shape index (κ3) is 5.36. The Bertz CT molecular complexity index is 1050. The van der Waals surface area contributed by atoms with Gasteiger partial charge in [-0.05, 0) is 61.1 Å². The van der Waals surface area contributed by atoms with Gasteiger partial charge in [0, 0.05) is 35.8 Å². The first kappa shape index (κ1) is 23.2. The van der Waals surface area contributed by atoms with Crippen LogP contribution in [0.1, 0.15) is 43.7 Å². The maximum atomic E-state index is 12.7. The Hall–Kier alpha value is -2.93. The number of carbonyl (C=O) groups is 2. The number of aryl methyl sites for hydroxylation is 1. The average molecular weight is 473 g/mol. The zero-order valence-corrected chi connectivity index (χ0v) is 19.9. The van der Waals surface area contributed by atoms with Crippen molar-refractivity contribution in [3.05, 3.63) is 46.5 Å². The van der Waals surface area contributed by atoms with Crippen LogP contribution in [0.4, 0.5) is 5.69 Å². The molecule has 1 saturated heterocycles. The van der Waals surface area contributed by atoms with Crippen LogP contribution in [0.5, 0.6) is 17.2 Å². The van der Waals surface area contributed by atoms with E-state index in [4.69, 9.17) is 25.8 Å². The molecular weight excluding hydrogens is 444 g/mol. The summed E-state index contributed by atoms with van der Waals surface area (Å²) in [6.45, 7) is 7.26. The van der Waals surface area contributed by atoms with Gasteiger partial charge in [0.2, 0.25) is 12.7 Å². The van der Waals surface area contributed by atoms with Gasteiger partial charge in [0.25, 0.3) is 5.91 Å². The lowest BCUT2D eigenvalue weighted by Crippen LogP contribution is -2.43. The largest absolute Gasteiger partial charge is 0.483 e. The first-order chi connectivity index (χ1) is 15.8. The van der Waals surface area contributed by atoms with E-state index in [0.717, 1.165) is 11.1 Å². The molecular formula is C25H29ClN2O5. The fourth-order valence-electron chi connectivity index (χ4n) is 4.09. The number of benzene rings is 2. The van der Waals surface area contributed by atoms with Gasteiger partial charge in [-0.1, -0.05) is 25.4 Å². The molecule has 1 fully saturated rings. The lowest BCUT2D eigenvalue weighted by atomic mass is 9.95. The third-order valence-corrected chi connectivity index (χ3v) is 6.53. The van der Waals surface area contributed by atoms with Crippen LogP contribution in [0.3, 0.4) is 0 Å². The van der Waals surface area contributed by atoms with Crippen LogP contribution >= 0.6 is 11.6 Å². The lowest BCUT2D eigenvalue weighted by molar-refractivity contribution is -0.136. The Labute approximate surface area is 198 Å². The van der Waals surface area contributed by atoms with Gasteiger partial charge in [0.05, 0.1) is 0 Å². The van der Waals surface area contributed by atoms with Gasteiger partial charge in [0.15, 0.2) is 18.1 Å². The molecule has 2 aromatic rings. The van der Waals surface area contributed by atoms with Crippen molar-refractivity contribution in [3.8, 4) is 17.2 Å². The topological polar surface area (TPSA) is 77.1 Å². The second kappa shape index (κ2) is 9.91. The fourth-order valence-corrected chi connectivity index (χ4v) is 4.26. The van der Waals surface area contributed by atoms with Crippen molar-refractivity contribution in [1.82, 2.24) is 4.90 Å². The first-order valence-electron chi connectivity index (χ1n) is 11.2. The van der Waals surface area contributed by atoms with Crippen molar-refractivity contribution >= 4 is 29.1 Å². The number of fused-ring (bicyclic) bond motifs is 1. The monoisotopic (exact) mass is 472 g/mol. The second-order valence-electron chi connectivity index (χ2n) is 8.79. The molecule has 0 spiro atoms. The Morgan fingerprint density at radius 1 is 1.15 bits per heavy atom. The van der Waals surface area contributed by atoms with E-state index in [1.54, 1.807) is 23.1 Å². The molecule has 8 heteroatoms. The normalized spacial score (nSPS) is 15.6. The number of amides is 2. The maximum absolute atomic E-state index is 12.7. The molecule has 0 bridgehead atoms. The number of nitrogens with one attached hydrogen (secondary N) is 1. The lowest BCUT2D eigenvalue weighted by Gasteiger charge is -2.31. The summed E-state index contributed by atoms with van der Waals surface area (Å²) >= 11 is 6.25. The van der Waals surface area contributed by atoms with E-state index in [-0.39, 0.29) is 37.0 Å². The van der Waals surface area contributed by atoms with Crippen LogP contribution in [0.2, 0.25) is 5.02 Å². The Morgan fingerprint density at radius 3 is 2.61 bits per heavy atom. The van der Waals surface area contributed by atoms with Crippen molar-refractivity contribution in [2.45, 2.75) is 39.5 Å². The third-order valence-electron chi connectivity index (χ3n) is 6.12. The highest BCUT2D eigenvalue weighted by Crippen LogP contribution is 2.35. The number of halogens is 1. The smallest absolute Gasteiger partial charge is 0.260 e. The summed E-state index contributed by atoms with van der Waals surface area (Å²) in [6, 6.07) is 9.14. The molecule has 0 saturated carbocycles. The van der Waals surface area contributed by atoms with Gasteiger partial charge >= 0.3 is 0 Å². The van der Waals surface area contributed by atoms with Crippen molar-refractivity contribution < 1.29 is 23.8 Å². The van der Waals surface area contributed by atoms with Gasteiger partial charge in [-0.3, -0.25) is 9.59 Å². The first-order valence-corrected chi connectivity index (χ1v) is 11.6. The minimum atomic E-state index is -0.146. The quantitative estimate of drug-likeness (QED) is 0.656. The fraction of sp³-hybridized carbons (Fsp3) is 0.440. The summed E-state index contributed by atoms with van der Waals surface area (Å²) in [5.74, 6) is 1.96. The number of rotatable bonds is 6. The van der Waals surface area contributed by atoms with Gasteiger partial charge in [-0.15, -0.1) is 0 Å². The van der Waals surface area contributed by atoms with Crippen LogP contribution in [-0.4, -0.2) is 43.2 Å². The predicted octanol–water partition coefficient (Wildman–Crippen LogP) is 4.76. The summed E-state index contributed by atoms with van der Waals surface area (Å²) < 4.78 is 16.5. The molecule has 2 aliphatic rings. The average Bonchev–Trinajstić information content (AvgIpc) is 3.27. The molecule has 176 valence electrons. The van der Waals surface area contributed by atoms with E-state index >= 15 is 0 Å². The molecule has 2 aromatic carbocycles. The molecule has 33 heavy (non-hydrogen) atoms. The highest BCUT2D eigenvalue weighted by atomic mass is 35.5. The maximum Gasteiger partial charge on any atom is 0.260 e. The van der Waals surface area contributed by atoms with Gasteiger partial charge in [-0.25, -0.2) is 0 Å². The van der Waals surface area contributed by atoms with E-state index in [9.17, 15) is 9.59 Å². The van der Waals surface area contributed by atoms with Gasteiger partial charge in [-0.2, -0.15) is 0 Å². The highest BCUT2D eigenvalue weighted by molar-refractivity contribution is 6.31. The summed E-state index contributed by atoms with van der Waals surface area (Å²) in [4.78, 5) is 27.2. The van der Waals surface area contributed by atoms with Crippen LogP contribution in [0.25, 0.3) is 0 Å². The Balaban J connectivity index is 1.28. The zero-order chi connectivity index (χ0) is 23.5. The number of nitrogens with zero attached hydrogens (tertiary/aromatic N) is 1. The Kier molecular flexibility index (Phi) is 6.98. The van der Waals surface area contributed by atoms with E-state index in [2.05, 4.69) is 19.2 Å². The number of carbonyl (C=O) groups excluding carboxylic acids is 2. The molecule has 2 amide bonds. The molecule has 0 atom stereocenters. The summed E-state index contributed by atoms with van der Waals surface area (Å²) in [5.41, 5.74) is 2.57. The number of piperidine rings is 1. The Morgan fingerprint density at radius 2 is 1.88 bits per heavy atom. The molecule has 7 nitrogen and oxygen atoms in total. The van der Waals surface area contributed by atoms with Crippen molar-refractivity contribution in [1.29, 1.82) is 0 Å². The number of likely N-dealkylation sites (tertiary alicyclic amines) is 1. The zero-order valence-electron chi connectivity index (χ0n) is 19.2. The molecule has 0 aromatic heterocycles. The molecule has 0 aliphatic carbocycles. The van der Waals surface area contributed by atoms with E-state index < -0.39 is 0 Å². The van der Waals surface area contributed by atoms with Gasteiger partial charge < -0.3 is 24.4 Å². The van der Waals surface area contributed by atoms with E-state index in [0.29, 0.717) is 53.9 Å². The summed E-state index contributed by atoms with van der Waals surface area (Å²) in [7, 11) is 0. The molecule has 4 rings (SSSR count). The number of hydrogen-bond donors (Lipinski definition) is 1. The van der Waals surface area contributed by atoms with E-state index in [1.807, 2.05) is 19.1 Å². The summed E-state index contributed by atoms with van der Waals surface area (Å²) in [5, 5.41) is 3.64. The molecule has 2 heterocycles. The van der Waals surface area contributed by atoms with Crippen molar-refractivity contribution in [2.75, 3.05) is 31.8 Å². The number of anilines is 1. The van der Waals surface area contributed by atoms with Crippen LogP contribution in [0, 0.1) is 12.8 Å². The second-order valence-corrected chi connectivity index (χ2v) is 9.20. The molecule has 0 unspecified atom stereocenters. The van der Waals surface area contributed by atoms with Crippen molar-refractivity contribution in [3.63, 3.8) is 0 Å². The van der Waals surface area contributed by atoms with Gasteiger partial charge in [0.1, 0.15) is 5.75 Å². The highest BCUT2D eigenvalue weighted by Gasteiger charge is 2.28.